The van der Waals surface area contributed by atoms with Gasteiger partial charge < -0.3 is 4.74 Å². The van der Waals surface area contributed by atoms with Crippen LogP contribution in [-0.4, -0.2) is 19.8 Å². The normalized spacial score (nSPS) is 17.2. The highest BCUT2D eigenvalue weighted by Gasteiger charge is 2.55. The van der Waals surface area contributed by atoms with Crippen molar-refractivity contribution in [3.05, 3.63) is 24.3 Å². The molecule has 0 aromatic heterocycles. The summed E-state index contributed by atoms with van der Waals surface area (Å²) in [5.41, 5.74) is 0. The maximum atomic E-state index is 12.2. The molecule has 2 rings (SSSR count). The SMILES string of the molecule is CCOc1ccc(S(=O)(=O)C2(C#N)CC2)cc1. The van der Waals surface area contributed by atoms with Crippen LogP contribution in [0.1, 0.15) is 19.8 Å². The van der Waals surface area contributed by atoms with Gasteiger partial charge in [0.1, 0.15) is 5.75 Å². The molecule has 1 aromatic rings. The highest BCUT2D eigenvalue weighted by molar-refractivity contribution is 7.93. The smallest absolute Gasteiger partial charge is 0.197 e. The van der Waals surface area contributed by atoms with Crippen molar-refractivity contribution < 1.29 is 13.2 Å². The fourth-order valence-corrected chi connectivity index (χ4v) is 3.37. The number of benzene rings is 1. The van der Waals surface area contributed by atoms with Crippen LogP contribution >= 0.6 is 0 Å². The molecule has 5 heteroatoms. The van der Waals surface area contributed by atoms with Gasteiger partial charge in [0.15, 0.2) is 14.6 Å². The first kappa shape index (κ1) is 11.9. The molecular weight excluding hydrogens is 238 g/mol. The minimum atomic E-state index is -3.53. The molecule has 0 saturated heterocycles. The quantitative estimate of drug-likeness (QED) is 0.819. The average Bonchev–Trinajstić information content (AvgIpc) is 3.11. The lowest BCUT2D eigenvalue weighted by molar-refractivity contribution is 0.340. The van der Waals surface area contributed by atoms with Crippen molar-refractivity contribution in [3.63, 3.8) is 0 Å². The van der Waals surface area contributed by atoms with Gasteiger partial charge in [-0.2, -0.15) is 5.26 Å². The van der Waals surface area contributed by atoms with Gasteiger partial charge in [-0.1, -0.05) is 0 Å². The molecule has 1 fully saturated rings. The van der Waals surface area contributed by atoms with Crippen molar-refractivity contribution >= 4 is 9.84 Å². The summed E-state index contributed by atoms with van der Waals surface area (Å²) < 4.78 is 28.4. The first-order valence-electron chi connectivity index (χ1n) is 5.44. The van der Waals surface area contributed by atoms with Crippen LogP contribution < -0.4 is 4.74 Å². The Bertz CT molecular complexity index is 550. The van der Waals surface area contributed by atoms with Gasteiger partial charge in [-0.05, 0) is 44.0 Å². The molecule has 1 saturated carbocycles. The standard InChI is InChI=1S/C12H13NO3S/c1-2-16-10-3-5-11(6-4-10)17(14,15)12(9-13)7-8-12/h3-6H,2,7-8H2,1H3. The van der Waals surface area contributed by atoms with Crippen molar-refractivity contribution in [2.24, 2.45) is 0 Å². The first-order valence-corrected chi connectivity index (χ1v) is 6.93. The Morgan fingerprint density at radius 2 is 1.94 bits per heavy atom. The van der Waals surface area contributed by atoms with E-state index >= 15 is 0 Å². The van der Waals surface area contributed by atoms with E-state index in [2.05, 4.69) is 0 Å². The number of nitriles is 1. The Balaban J connectivity index is 2.33. The van der Waals surface area contributed by atoms with Gasteiger partial charge >= 0.3 is 0 Å². The first-order chi connectivity index (χ1) is 8.05. The molecule has 17 heavy (non-hydrogen) atoms. The Morgan fingerprint density at radius 1 is 1.35 bits per heavy atom. The van der Waals surface area contributed by atoms with Crippen LogP contribution in [0.25, 0.3) is 0 Å². The molecule has 0 spiro atoms. The lowest BCUT2D eigenvalue weighted by Gasteiger charge is -2.09. The van der Waals surface area contributed by atoms with Crippen LogP contribution in [0.4, 0.5) is 0 Å². The third kappa shape index (κ3) is 1.89. The van der Waals surface area contributed by atoms with E-state index in [1.807, 2.05) is 13.0 Å². The van der Waals surface area contributed by atoms with Gasteiger partial charge in [-0.25, -0.2) is 8.42 Å². The molecule has 0 aliphatic heterocycles. The number of rotatable bonds is 4. The lowest BCUT2D eigenvalue weighted by atomic mass is 10.3. The maximum Gasteiger partial charge on any atom is 0.197 e. The summed E-state index contributed by atoms with van der Waals surface area (Å²) in [7, 11) is -3.53. The summed E-state index contributed by atoms with van der Waals surface area (Å²) in [5.74, 6) is 0.633. The van der Waals surface area contributed by atoms with Crippen LogP contribution in [0, 0.1) is 11.3 Å². The molecule has 1 aliphatic carbocycles. The molecule has 0 bridgehead atoms. The number of sulfone groups is 1. The molecule has 4 nitrogen and oxygen atoms in total. The van der Waals surface area contributed by atoms with Crippen LogP contribution in [0.15, 0.2) is 29.2 Å². The summed E-state index contributed by atoms with van der Waals surface area (Å²) >= 11 is 0. The molecule has 0 N–H and O–H groups in total. The number of ether oxygens (including phenoxy) is 1. The predicted molar refractivity (Wildman–Crippen MR) is 62.4 cm³/mol. The summed E-state index contributed by atoms with van der Waals surface area (Å²) in [6.45, 7) is 2.40. The Labute approximate surface area is 101 Å². The Kier molecular flexibility index (Phi) is 2.84. The third-order valence-electron chi connectivity index (χ3n) is 2.87. The predicted octanol–water partition coefficient (Wildman–Crippen LogP) is 1.92. The molecule has 1 aliphatic rings. The molecule has 1 aromatic carbocycles. The Hall–Kier alpha value is -1.54. The van der Waals surface area contributed by atoms with Crippen molar-refractivity contribution in [1.82, 2.24) is 0 Å². The fraction of sp³-hybridized carbons (Fsp3) is 0.417. The van der Waals surface area contributed by atoms with Crippen molar-refractivity contribution in [1.29, 1.82) is 5.26 Å². The molecule has 0 radical (unpaired) electrons. The van der Waals surface area contributed by atoms with Crippen molar-refractivity contribution in [3.8, 4) is 11.8 Å². The van der Waals surface area contributed by atoms with E-state index in [0.717, 1.165) is 0 Å². The van der Waals surface area contributed by atoms with Crippen molar-refractivity contribution in [2.45, 2.75) is 29.4 Å². The summed E-state index contributed by atoms with van der Waals surface area (Å²) in [4.78, 5) is 0.194. The van der Waals surface area contributed by atoms with Crippen LogP contribution in [0.5, 0.6) is 5.75 Å². The van der Waals surface area contributed by atoms with E-state index in [4.69, 9.17) is 10.00 Å². The highest BCUT2D eigenvalue weighted by atomic mass is 32.2. The van der Waals surface area contributed by atoms with Gasteiger partial charge in [-0.3, -0.25) is 0 Å². The van der Waals surface area contributed by atoms with E-state index in [9.17, 15) is 8.42 Å². The van der Waals surface area contributed by atoms with E-state index in [-0.39, 0.29) is 4.90 Å². The zero-order valence-electron chi connectivity index (χ0n) is 9.51. The lowest BCUT2D eigenvalue weighted by Crippen LogP contribution is -2.21. The summed E-state index contributed by atoms with van der Waals surface area (Å²) in [6.07, 6.45) is 0.859. The molecular formula is C12H13NO3S. The van der Waals surface area contributed by atoms with Gasteiger partial charge in [0, 0.05) is 0 Å². The van der Waals surface area contributed by atoms with E-state index in [0.29, 0.717) is 25.2 Å². The summed E-state index contributed by atoms with van der Waals surface area (Å²) in [6, 6.07) is 8.14. The third-order valence-corrected chi connectivity index (χ3v) is 5.29. The highest BCUT2D eigenvalue weighted by Crippen LogP contribution is 2.46. The van der Waals surface area contributed by atoms with Crippen LogP contribution in [0.3, 0.4) is 0 Å². The van der Waals surface area contributed by atoms with E-state index < -0.39 is 14.6 Å². The van der Waals surface area contributed by atoms with Gasteiger partial charge in [-0.15, -0.1) is 0 Å². The number of nitrogens with zero attached hydrogens (tertiary/aromatic N) is 1. The van der Waals surface area contributed by atoms with E-state index in [1.165, 1.54) is 12.1 Å². The second-order valence-corrected chi connectivity index (χ2v) is 6.27. The molecule has 0 amide bonds. The van der Waals surface area contributed by atoms with Crippen LogP contribution in [0.2, 0.25) is 0 Å². The minimum absolute atomic E-state index is 0.194. The fourth-order valence-electron chi connectivity index (χ4n) is 1.66. The van der Waals surface area contributed by atoms with E-state index in [1.54, 1.807) is 12.1 Å². The molecule has 0 unspecified atom stereocenters. The molecule has 0 heterocycles. The van der Waals surface area contributed by atoms with Gasteiger partial charge in [0.05, 0.1) is 17.6 Å². The molecule has 90 valence electrons. The second-order valence-electron chi connectivity index (χ2n) is 4.01. The monoisotopic (exact) mass is 251 g/mol. The van der Waals surface area contributed by atoms with Crippen LogP contribution in [-0.2, 0) is 9.84 Å². The van der Waals surface area contributed by atoms with Gasteiger partial charge in [0.25, 0.3) is 0 Å². The maximum absolute atomic E-state index is 12.2. The largest absolute Gasteiger partial charge is 0.494 e. The number of hydrogen-bond acceptors (Lipinski definition) is 4. The van der Waals surface area contributed by atoms with Crippen molar-refractivity contribution in [2.75, 3.05) is 6.61 Å². The second kappa shape index (κ2) is 4.04. The zero-order valence-corrected chi connectivity index (χ0v) is 10.3. The molecule has 0 atom stereocenters. The number of hydrogen-bond donors (Lipinski definition) is 0. The Morgan fingerprint density at radius 3 is 2.35 bits per heavy atom. The summed E-state index contributed by atoms with van der Waals surface area (Å²) in [5, 5.41) is 8.94. The average molecular weight is 251 g/mol. The van der Waals surface area contributed by atoms with Gasteiger partial charge in [0.2, 0.25) is 0 Å². The zero-order chi connectivity index (χ0) is 12.5. The minimum Gasteiger partial charge on any atom is -0.494 e. The topological polar surface area (TPSA) is 67.2 Å².